The number of benzene rings is 1. The fraction of sp³-hybridized carbons (Fsp3) is 0.200. The fourth-order valence-corrected chi connectivity index (χ4v) is 3.01. The number of nitrogens with zero attached hydrogens (tertiary/aromatic N) is 4. The van der Waals surface area contributed by atoms with E-state index in [2.05, 4.69) is 28.5 Å². The van der Waals surface area contributed by atoms with Gasteiger partial charge >= 0.3 is 0 Å². The average Bonchev–Trinajstić information content (AvgIpc) is 3.28. The standard InChI is InChI=1S/C20H20FN5/c1-14-4-7-20-24-17(13-25(20)12-14)11-22-15(2)16-5-6-19(18(21)10-16)26-9-3-8-23-26/h3-10,12-13,15,22H,11H2,1-2H3/t15-/m1/s1. The number of nitrogens with one attached hydrogen (secondary N) is 1. The molecule has 132 valence electrons. The Kier molecular flexibility index (Phi) is 4.26. The number of pyridine rings is 1. The van der Waals surface area contributed by atoms with Crippen molar-refractivity contribution in [2.45, 2.75) is 26.4 Å². The zero-order valence-corrected chi connectivity index (χ0v) is 14.7. The highest BCUT2D eigenvalue weighted by atomic mass is 19.1. The number of imidazole rings is 1. The maximum atomic E-state index is 14.4. The van der Waals surface area contributed by atoms with Crippen LogP contribution in [0.4, 0.5) is 4.39 Å². The van der Waals surface area contributed by atoms with Crippen LogP contribution in [0.2, 0.25) is 0 Å². The normalized spacial score (nSPS) is 12.6. The van der Waals surface area contributed by atoms with Gasteiger partial charge in [0, 0.05) is 37.4 Å². The molecule has 1 aromatic carbocycles. The number of hydrogen-bond acceptors (Lipinski definition) is 3. The van der Waals surface area contributed by atoms with Crippen LogP contribution in [0.25, 0.3) is 11.3 Å². The van der Waals surface area contributed by atoms with Crippen molar-refractivity contribution in [3.63, 3.8) is 0 Å². The van der Waals surface area contributed by atoms with Gasteiger partial charge < -0.3 is 9.72 Å². The van der Waals surface area contributed by atoms with Gasteiger partial charge in [-0.2, -0.15) is 5.10 Å². The quantitative estimate of drug-likeness (QED) is 0.596. The predicted molar refractivity (Wildman–Crippen MR) is 98.7 cm³/mol. The Hall–Kier alpha value is -2.99. The van der Waals surface area contributed by atoms with Gasteiger partial charge in [0.25, 0.3) is 0 Å². The summed E-state index contributed by atoms with van der Waals surface area (Å²) in [6.07, 6.45) is 7.43. The molecule has 0 amide bonds. The minimum atomic E-state index is -0.289. The van der Waals surface area contributed by atoms with E-state index in [1.165, 1.54) is 10.2 Å². The lowest BCUT2D eigenvalue weighted by Crippen LogP contribution is -2.18. The molecule has 4 rings (SSSR count). The van der Waals surface area contributed by atoms with Crippen molar-refractivity contribution in [3.8, 4) is 5.69 Å². The average molecular weight is 349 g/mol. The highest BCUT2D eigenvalue weighted by Gasteiger charge is 2.11. The Morgan fingerprint density at radius 1 is 1.19 bits per heavy atom. The summed E-state index contributed by atoms with van der Waals surface area (Å²) in [6, 6.07) is 11.1. The lowest BCUT2D eigenvalue weighted by atomic mass is 10.1. The maximum absolute atomic E-state index is 14.4. The van der Waals surface area contributed by atoms with Crippen LogP contribution in [0.15, 0.2) is 61.2 Å². The highest BCUT2D eigenvalue weighted by molar-refractivity contribution is 5.41. The van der Waals surface area contributed by atoms with Gasteiger partial charge in [-0.3, -0.25) is 0 Å². The number of aromatic nitrogens is 4. The highest BCUT2D eigenvalue weighted by Crippen LogP contribution is 2.19. The van der Waals surface area contributed by atoms with E-state index in [1.807, 2.05) is 35.7 Å². The molecule has 0 saturated heterocycles. The van der Waals surface area contributed by atoms with Gasteiger partial charge in [-0.15, -0.1) is 0 Å². The third kappa shape index (κ3) is 3.23. The molecule has 26 heavy (non-hydrogen) atoms. The molecule has 3 heterocycles. The van der Waals surface area contributed by atoms with Crippen LogP contribution >= 0.6 is 0 Å². The third-order valence-corrected chi connectivity index (χ3v) is 4.46. The summed E-state index contributed by atoms with van der Waals surface area (Å²) in [6.45, 7) is 4.69. The summed E-state index contributed by atoms with van der Waals surface area (Å²) in [4.78, 5) is 4.60. The van der Waals surface area contributed by atoms with E-state index in [4.69, 9.17) is 0 Å². The molecule has 0 aliphatic rings. The summed E-state index contributed by atoms with van der Waals surface area (Å²) < 4.78 is 18.0. The van der Waals surface area contributed by atoms with E-state index in [0.717, 1.165) is 16.9 Å². The van der Waals surface area contributed by atoms with E-state index in [0.29, 0.717) is 12.2 Å². The van der Waals surface area contributed by atoms with Crippen LogP contribution in [0.3, 0.4) is 0 Å². The molecule has 0 bridgehead atoms. The molecule has 0 aliphatic carbocycles. The summed E-state index contributed by atoms with van der Waals surface area (Å²) >= 11 is 0. The topological polar surface area (TPSA) is 47.2 Å². The first-order chi connectivity index (χ1) is 12.6. The molecule has 0 saturated carbocycles. The summed E-state index contributed by atoms with van der Waals surface area (Å²) in [7, 11) is 0. The monoisotopic (exact) mass is 349 g/mol. The van der Waals surface area contributed by atoms with Gasteiger partial charge in [-0.1, -0.05) is 12.1 Å². The van der Waals surface area contributed by atoms with Gasteiger partial charge in [-0.25, -0.2) is 14.1 Å². The zero-order chi connectivity index (χ0) is 18.1. The first-order valence-electron chi connectivity index (χ1n) is 8.57. The minimum Gasteiger partial charge on any atom is -0.307 e. The number of aryl methyl sites for hydroxylation is 1. The van der Waals surface area contributed by atoms with Crippen LogP contribution in [-0.4, -0.2) is 19.2 Å². The van der Waals surface area contributed by atoms with E-state index in [1.54, 1.807) is 30.6 Å². The summed E-state index contributed by atoms with van der Waals surface area (Å²) in [5, 5.41) is 7.48. The molecular weight excluding hydrogens is 329 g/mol. The van der Waals surface area contributed by atoms with Crippen molar-refractivity contribution in [1.82, 2.24) is 24.5 Å². The molecule has 0 fully saturated rings. The van der Waals surface area contributed by atoms with Crippen molar-refractivity contribution >= 4 is 5.65 Å². The smallest absolute Gasteiger partial charge is 0.149 e. The van der Waals surface area contributed by atoms with E-state index >= 15 is 0 Å². The second kappa shape index (κ2) is 6.72. The van der Waals surface area contributed by atoms with Gasteiger partial charge in [0.05, 0.1) is 5.69 Å². The van der Waals surface area contributed by atoms with Gasteiger partial charge in [0.1, 0.15) is 17.2 Å². The number of hydrogen-bond donors (Lipinski definition) is 1. The van der Waals surface area contributed by atoms with Crippen molar-refractivity contribution in [2.75, 3.05) is 0 Å². The van der Waals surface area contributed by atoms with E-state index in [-0.39, 0.29) is 11.9 Å². The van der Waals surface area contributed by atoms with Crippen LogP contribution in [-0.2, 0) is 6.54 Å². The molecular formula is C20H20FN5. The molecule has 5 nitrogen and oxygen atoms in total. The van der Waals surface area contributed by atoms with E-state index in [9.17, 15) is 4.39 Å². The second-order valence-corrected chi connectivity index (χ2v) is 6.47. The number of halogens is 1. The Morgan fingerprint density at radius 3 is 2.85 bits per heavy atom. The summed E-state index contributed by atoms with van der Waals surface area (Å²) in [5.41, 5.74) is 4.40. The molecule has 6 heteroatoms. The van der Waals surface area contributed by atoms with Gasteiger partial charge in [0.2, 0.25) is 0 Å². The Balaban J connectivity index is 1.47. The summed E-state index contributed by atoms with van der Waals surface area (Å²) in [5.74, 6) is -0.289. The molecule has 0 unspecified atom stereocenters. The minimum absolute atomic E-state index is 0.00252. The predicted octanol–water partition coefficient (Wildman–Crippen LogP) is 3.82. The van der Waals surface area contributed by atoms with Crippen LogP contribution in [0.5, 0.6) is 0 Å². The Labute approximate surface area is 151 Å². The molecule has 0 spiro atoms. The van der Waals surface area contributed by atoms with Crippen LogP contribution in [0, 0.1) is 12.7 Å². The fourth-order valence-electron chi connectivity index (χ4n) is 3.01. The lowest BCUT2D eigenvalue weighted by molar-refractivity contribution is 0.558. The lowest BCUT2D eigenvalue weighted by Gasteiger charge is -2.14. The SMILES string of the molecule is Cc1ccc2nc(CN[C@H](C)c3ccc(-n4cccn4)c(F)c3)cn2c1. The van der Waals surface area contributed by atoms with Crippen molar-refractivity contribution in [2.24, 2.45) is 0 Å². The van der Waals surface area contributed by atoms with Crippen LogP contribution < -0.4 is 5.32 Å². The molecule has 4 aromatic rings. The Morgan fingerprint density at radius 2 is 2.08 bits per heavy atom. The van der Waals surface area contributed by atoms with Crippen molar-refractivity contribution < 1.29 is 4.39 Å². The van der Waals surface area contributed by atoms with E-state index < -0.39 is 0 Å². The largest absolute Gasteiger partial charge is 0.307 e. The molecule has 0 radical (unpaired) electrons. The first kappa shape index (κ1) is 16.5. The number of rotatable bonds is 5. The van der Waals surface area contributed by atoms with Crippen LogP contribution in [0.1, 0.15) is 29.8 Å². The zero-order valence-electron chi connectivity index (χ0n) is 14.7. The number of fused-ring (bicyclic) bond motifs is 1. The van der Waals surface area contributed by atoms with Crippen molar-refractivity contribution in [3.05, 3.63) is 83.8 Å². The van der Waals surface area contributed by atoms with Gasteiger partial charge in [-0.05, 0) is 49.2 Å². The first-order valence-corrected chi connectivity index (χ1v) is 8.57. The Bertz CT molecular complexity index is 1040. The van der Waals surface area contributed by atoms with Gasteiger partial charge in [0.15, 0.2) is 0 Å². The molecule has 0 aliphatic heterocycles. The second-order valence-electron chi connectivity index (χ2n) is 6.47. The van der Waals surface area contributed by atoms with Crippen molar-refractivity contribution in [1.29, 1.82) is 0 Å². The molecule has 1 N–H and O–H groups in total. The molecule has 1 atom stereocenters. The molecule has 3 aromatic heterocycles. The third-order valence-electron chi connectivity index (χ3n) is 4.46. The maximum Gasteiger partial charge on any atom is 0.149 e.